The predicted octanol–water partition coefficient (Wildman–Crippen LogP) is 4.45. The predicted molar refractivity (Wildman–Crippen MR) is 84.3 cm³/mol. The first-order valence-corrected chi connectivity index (χ1v) is 7.10. The second kappa shape index (κ2) is 6.04. The second-order valence-electron chi connectivity index (χ2n) is 5.71. The van der Waals surface area contributed by atoms with Crippen molar-refractivity contribution in [3.05, 3.63) is 69.8 Å². The maximum atomic E-state index is 11.5. The minimum Gasteiger partial charge on any atom is -0.303 e. The van der Waals surface area contributed by atoms with Crippen LogP contribution in [0.3, 0.4) is 0 Å². The van der Waals surface area contributed by atoms with Crippen LogP contribution in [0, 0.1) is 27.7 Å². The molecule has 0 bridgehead atoms. The van der Waals surface area contributed by atoms with E-state index in [0.29, 0.717) is 0 Å². The second-order valence-corrected chi connectivity index (χ2v) is 5.71. The molecule has 2 aromatic rings. The average Bonchev–Trinajstić information content (AvgIpc) is 2.43. The standard InChI is InChI=1S/C19H22O/c1-13-5-7-17(9-15(13)3)11-19(12-20)18-8-6-14(2)16(4)10-18/h5-10,12,19H,11H2,1-4H3. The van der Waals surface area contributed by atoms with E-state index >= 15 is 0 Å². The summed E-state index contributed by atoms with van der Waals surface area (Å²) in [6, 6.07) is 12.7. The summed E-state index contributed by atoms with van der Waals surface area (Å²) in [5, 5.41) is 0. The highest BCUT2D eigenvalue weighted by Gasteiger charge is 2.12. The molecule has 0 saturated heterocycles. The summed E-state index contributed by atoms with van der Waals surface area (Å²) in [6.07, 6.45) is 1.84. The Balaban J connectivity index is 2.26. The minimum atomic E-state index is -0.0589. The van der Waals surface area contributed by atoms with E-state index in [2.05, 4.69) is 64.1 Å². The summed E-state index contributed by atoms with van der Waals surface area (Å²) in [4.78, 5) is 11.5. The molecule has 0 radical (unpaired) electrons. The van der Waals surface area contributed by atoms with Gasteiger partial charge in [0.2, 0.25) is 0 Å². The van der Waals surface area contributed by atoms with Crippen LogP contribution in [-0.2, 0) is 11.2 Å². The van der Waals surface area contributed by atoms with E-state index in [1.165, 1.54) is 27.8 Å². The van der Waals surface area contributed by atoms with E-state index in [9.17, 15) is 4.79 Å². The van der Waals surface area contributed by atoms with Gasteiger partial charge in [-0.2, -0.15) is 0 Å². The smallest absolute Gasteiger partial charge is 0.127 e. The molecule has 0 fully saturated rings. The molecule has 0 amide bonds. The van der Waals surface area contributed by atoms with Crippen LogP contribution in [0.4, 0.5) is 0 Å². The van der Waals surface area contributed by atoms with Crippen molar-refractivity contribution >= 4 is 6.29 Å². The maximum absolute atomic E-state index is 11.5. The summed E-state index contributed by atoms with van der Waals surface area (Å²) in [5.74, 6) is -0.0589. The Morgan fingerprint density at radius 2 is 1.45 bits per heavy atom. The summed E-state index contributed by atoms with van der Waals surface area (Å²) in [5.41, 5.74) is 7.43. The lowest BCUT2D eigenvalue weighted by Crippen LogP contribution is -2.05. The Morgan fingerprint density at radius 1 is 0.850 bits per heavy atom. The van der Waals surface area contributed by atoms with Gasteiger partial charge in [0, 0.05) is 5.92 Å². The van der Waals surface area contributed by atoms with Crippen LogP contribution in [0.1, 0.15) is 39.3 Å². The molecule has 0 heterocycles. The number of hydrogen-bond acceptors (Lipinski definition) is 1. The van der Waals surface area contributed by atoms with Gasteiger partial charge in [0.25, 0.3) is 0 Å². The molecule has 2 rings (SSSR count). The van der Waals surface area contributed by atoms with E-state index in [1.54, 1.807) is 0 Å². The summed E-state index contributed by atoms with van der Waals surface area (Å²) in [6.45, 7) is 8.42. The quantitative estimate of drug-likeness (QED) is 0.747. The molecule has 0 spiro atoms. The Bertz CT molecular complexity index is 626. The van der Waals surface area contributed by atoms with Crippen LogP contribution in [0.25, 0.3) is 0 Å². The van der Waals surface area contributed by atoms with Crippen molar-refractivity contribution in [2.45, 2.75) is 40.0 Å². The van der Waals surface area contributed by atoms with Crippen molar-refractivity contribution in [1.29, 1.82) is 0 Å². The number of hydrogen-bond donors (Lipinski definition) is 0. The van der Waals surface area contributed by atoms with Gasteiger partial charge in [-0.25, -0.2) is 0 Å². The number of carbonyl (C=O) groups is 1. The van der Waals surface area contributed by atoms with Crippen molar-refractivity contribution in [3.8, 4) is 0 Å². The van der Waals surface area contributed by atoms with Gasteiger partial charge in [-0.15, -0.1) is 0 Å². The zero-order chi connectivity index (χ0) is 14.7. The monoisotopic (exact) mass is 266 g/mol. The Morgan fingerprint density at radius 3 is 2.00 bits per heavy atom. The van der Waals surface area contributed by atoms with Crippen LogP contribution in [0.2, 0.25) is 0 Å². The third kappa shape index (κ3) is 3.16. The van der Waals surface area contributed by atoms with Crippen LogP contribution in [0.5, 0.6) is 0 Å². The average molecular weight is 266 g/mol. The van der Waals surface area contributed by atoms with Gasteiger partial charge in [-0.05, 0) is 67.5 Å². The van der Waals surface area contributed by atoms with Gasteiger partial charge in [0.1, 0.15) is 6.29 Å². The first-order valence-electron chi connectivity index (χ1n) is 7.10. The summed E-state index contributed by atoms with van der Waals surface area (Å²) >= 11 is 0. The molecule has 0 N–H and O–H groups in total. The fourth-order valence-corrected chi connectivity index (χ4v) is 2.42. The highest BCUT2D eigenvalue weighted by molar-refractivity contribution is 5.63. The van der Waals surface area contributed by atoms with Gasteiger partial charge < -0.3 is 4.79 Å². The molecule has 104 valence electrons. The number of carbonyl (C=O) groups excluding carboxylic acids is 1. The molecule has 0 aliphatic heterocycles. The molecule has 1 heteroatoms. The number of aldehydes is 1. The number of rotatable bonds is 4. The molecule has 0 aromatic heterocycles. The fourth-order valence-electron chi connectivity index (χ4n) is 2.42. The lowest BCUT2D eigenvalue weighted by atomic mass is 9.90. The third-order valence-corrected chi connectivity index (χ3v) is 4.15. The van der Waals surface area contributed by atoms with Crippen LogP contribution < -0.4 is 0 Å². The molecule has 2 aromatic carbocycles. The zero-order valence-corrected chi connectivity index (χ0v) is 12.7. The van der Waals surface area contributed by atoms with Crippen LogP contribution >= 0.6 is 0 Å². The van der Waals surface area contributed by atoms with E-state index in [-0.39, 0.29) is 5.92 Å². The Labute approximate surface area is 121 Å². The van der Waals surface area contributed by atoms with Crippen molar-refractivity contribution in [2.75, 3.05) is 0 Å². The van der Waals surface area contributed by atoms with Gasteiger partial charge in [0.05, 0.1) is 0 Å². The Hall–Kier alpha value is -1.89. The van der Waals surface area contributed by atoms with Crippen molar-refractivity contribution < 1.29 is 4.79 Å². The first kappa shape index (κ1) is 14.5. The van der Waals surface area contributed by atoms with Crippen LogP contribution in [-0.4, -0.2) is 6.29 Å². The van der Waals surface area contributed by atoms with Gasteiger partial charge >= 0.3 is 0 Å². The zero-order valence-electron chi connectivity index (χ0n) is 12.7. The van der Waals surface area contributed by atoms with Crippen molar-refractivity contribution in [2.24, 2.45) is 0 Å². The van der Waals surface area contributed by atoms with E-state index < -0.39 is 0 Å². The van der Waals surface area contributed by atoms with Crippen LogP contribution in [0.15, 0.2) is 36.4 Å². The molecule has 1 atom stereocenters. The molecular weight excluding hydrogens is 244 g/mol. The SMILES string of the molecule is Cc1ccc(CC(C=O)c2ccc(C)c(C)c2)cc1C. The van der Waals surface area contributed by atoms with Gasteiger partial charge in [0.15, 0.2) is 0 Å². The minimum absolute atomic E-state index is 0.0589. The molecule has 20 heavy (non-hydrogen) atoms. The van der Waals surface area contributed by atoms with E-state index in [0.717, 1.165) is 18.3 Å². The summed E-state index contributed by atoms with van der Waals surface area (Å²) < 4.78 is 0. The highest BCUT2D eigenvalue weighted by Crippen LogP contribution is 2.22. The fraction of sp³-hybridized carbons (Fsp3) is 0.316. The largest absolute Gasteiger partial charge is 0.303 e. The van der Waals surface area contributed by atoms with E-state index in [1.807, 2.05) is 0 Å². The van der Waals surface area contributed by atoms with Crippen molar-refractivity contribution in [3.63, 3.8) is 0 Å². The topological polar surface area (TPSA) is 17.1 Å². The van der Waals surface area contributed by atoms with Crippen molar-refractivity contribution in [1.82, 2.24) is 0 Å². The Kier molecular flexibility index (Phi) is 4.39. The lowest BCUT2D eigenvalue weighted by molar-refractivity contribution is -0.109. The molecule has 0 saturated carbocycles. The van der Waals surface area contributed by atoms with E-state index in [4.69, 9.17) is 0 Å². The molecule has 1 nitrogen and oxygen atoms in total. The third-order valence-electron chi connectivity index (χ3n) is 4.15. The molecule has 0 aliphatic rings. The lowest BCUT2D eigenvalue weighted by Gasteiger charge is -2.13. The number of benzene rings is 2. The summed E-state index contributed by atoms with van der Waals surface area (Å²) in [7, 11) is 0. The van der Waals surface area contributed by atoms with Gasteiger partial charge in [-0.1, -0.05) is 36.4 Å². The maximum Gasteiger partial charge on any atom is 0.127 e. The molecular formula is C19H22O. The highest BCUT2D eigenvalue weighted by atomic mass is 16.1. The molecule has 1 unspecified atom stereocenters. The number of aryl methyl sites for hydroxylation is 4. The van der Waals surface area contributed by atoms with Gasteiger partial charge in [-0.3, -0.25) is 0 Å². The normalized spacial score (nSPS) is 12.2. The molecule has 0 aliphatic carbocycles. The first-order chi connectivity index (χ1) is 9.51.